The van der Waals surface area contributed by atoms with Crippen LogP contribution < -0.4 is 10.6 Å². The zero-order valence-corrected chi connectivity index (χ0v) is 17.2. The largest absolute Gasteiger partial charge is 0.366 e. The van der Waals surface area contributed by atoms with Gasteiger partial charge >= 0.3 is 0 Å². The summed E-state index contributed by atoms with van der Waals surface area (Å²) in [5, 5.41) is 6.13. The van der Waals surface area contributed by atoms with Gasteiger partial charge in [0, 0.05) is 24.4 Å². The predicted molar refractivity (Wildman–Crippen MR) is 101 cm³/mol. The van der Waals surface area contributed by atoms with Crippen LogP contribution in [0.5, 0.6) is 0 Å². The zero-order valence-electron chi connectivity index (χ0n) is 17.2. The Labute approximate surface area is 162 Å². The maximum atomic E-state index is 12.7. The van der Waals surface area contributed by atoms with Gasteiger partial charge in [0.1, 0.15) is 0 Å². The molecule has 9 unspecified atom stereocenters. The van der Waals surface area contributed by atoms with Gasteiger partial charge in [-0.05, 0) is 58.3 Å². The van der Waals surface area contributed by atoms with Crippen molar-refractivity contribution in [2.45, 2.75) is 89.8 Å². The van der Waals surface area contributed by atoms with E-state index in [-0.39, 0.29) is 53.1 Å². The first-order valence-corrected chi connectivity index (χ1v) is 10.5. The minimum absolute atomic E-state index is 0.00628. The van der Waals surface area contributed by atoms with Gasteiger partial charge in [-0.25, -0.2) is 0 Å². The molecule has 0 radical (unpaired) electrons. The lowest BCUT2D eigenvalue weighted by molar-refractivity contribution is -0.130. The number of ether oxygens (including phenoxy) is 2. The Hall–Kier alpha value is -1.14. The van der Waals surface area contributed by atoms with E-state index in [0.29, 0.717) is 18.4 Å². The molecular formula is C21H34N2O4. The third-order valence-electron chi connectivity index (χ3n) is 7.48. The van der Waals surface area contributed by atoms with Crippen LogP contribution in [0.1, 0.15) is 60.3 Å². The number of hydrogen-bond acceptors (Lipinski definition) is 4. The quantitative estimate of drug-likeness (QED) is 0.717. The summed E-state index contributed by atoms with van der Waals surface area (Å²) in [5.41, 5.74) is 0.0172. The van der Waals surface area contributed by atoms with Crippen LogP contribution in [-0.4, -0.2) is 47.8 Å². The summed E-state index contributed by atoms with van der Waals surface area (Å²) in [6, 6.07) is -0.0802. The van der Waals surface area contributed by atoms with Gasteiger partial charge < -0.3 is 20.1 Å². The number of fused-ring (bicyclic) bond motifs is 2. The molecule has 9 atom stereocenters. The first-order chi connectivity index (χ1) is 12.6. The van der Waals surface area contributed by atoms with Crippen LogP contribution in [0, 0.1) is 23.7 Å². The summed E-state index contributed by atoms with van der Waals surface area (Å²) < 4.78 is 11.5. The van der Waals surface area contributed by atoms with E-state index in [1.165, 1.54) is 0 Å². The van der Waals surface area contributed by atoms with E-state index >= 15 is 0 Å². The summed E-state index contributed by atoms with van der Waals surface area (Å²) in [6.07, 6.45) is 3.99. The molecule has 0 aromatic carbocycles. The molecule has 2 saturated heterocycles. The predicted octanol–water partition coefficient (Wildman–Crippen LogP) is 2.01. The van der Waals surface area contributed by atoms with E-state index in [9.17, 15) is 9.59 Å². The standard InChI is InChI=1S/C21H34N2O4/c1-11-8-20(4)16(26-20)6-14(11)18(24)22-10-13(3)23-19(25)15-7-17-21(5,27-17)9-12(15)2/h11-17H,6-10H2,1-5H3,(H,22,24)(H,23,25). The van der Waals surface area contributed by atoms with Gasteiger partial charge in [0.15, 0.2) is 0 Å². The highest BCUT2D eigenvalue weighted by Crippen LogP contribution is 2.52. The summed E-state index contributed by atoms with van der Waals surface area (Å²) in [7, 11) is 0. The number of rotatable bonds is 5. The number of carbonyl (C=O) groups is 2. The van der Waals surface area contributed by atoms with Gasteiger partial charge in [-0.1, -0.05) is 13.8 Å². The number of epoxide rings is 2. The molecular weight excluding hydrogens is 344 g/mol. The highest BCUT2D eigenvalue weighted by atomic mass is 16.6. The number of nitrogens with one attached hydrogen (secondary N) is 2. The third kappa shape index (κ3) is 3.63. The van der Waals surface area contributed by atoms with Crippen LogP contribution in [0.2, 0.25) is 0 Å². The lowest BCUT2D eigenvalue weighted by Gasteiger charge is -2.30. The molecule has 152 valence electrons. The number of amides is 2. The normalized spacial score (nSPS) is 48.6. The van der Waals surface area contributed by atoms with Gasteiger partial charge in [-0.2, -0.15) is 0 Å². The molecule has 0 bridgehead atoms. The number of carbonyl (C=O) groups excluding carboxylic acids is 2. The van der Waals surface area contributed by atoms with E-state index < -0.39 is 0 Å². The first-order valence-electron chi connectivity index (χ1n) is 10.5. The highest BCUT2D eigenvalue weighted by molar-refractivity contribution is 5.80. The molecule has 2 aliphatic carbocycles. The fraction of sp³-hybridized carbons (Fsp3) is 0.905. The van der Waals surface area contributed by atoms with Gasteiger partial charge in [0.25, 0.3) is 0 Å². The average Bonchev–Trinajstić information content (AvgIpc) is 3.43. The van der Waals surface area contributed by atoms with E-state index in [1.54, 1.807) is 0 Å². The van der Waals surface area contributed by atoms with Crippen molar-refractivity contribution in [1.82, 2.24) is 10.6 Å². The zero-order chi connectivity index (χ0) is 19.6. The molecule has 2 saturated carbocycles. The molecule has 4 fully saturated rings. The van der Waals surface area contributed by atoms with Crippen molar-refractivity contribution in [3.05, 3.63) is 0 Å². The summed E-state index contributed by atoms with van der Waals surface area (Å²) >= 11 is 0. The Morgan fingerprint density at radius 1 is 0.963 bits per heavy atom. The van der Waals surface area contributed by atoms with Gasteiger partial charge in [0.2, 0.25) is 11.8 Å². The van der Waals surface area contributed by atoms with Crippen LogP contribution >= 0.6 is 0 Å². The average molecular weight is 379 g/mol. The van der Waals surface area contributed by atoms with Crippen molar-refractivity contribution >= 4 is 11.8 Å². The maximum absolute atomic E-state index is 12.7. The maximum Gasteiger partial charge on any atom is 0.223 e. The minimum atomic E-state index is -0.0802. The fourth-order valence-electron chi connectivity index (χ4n) is 5.54. The Morgan fingerprint density at radius 2 is 1.44 bits per heavy atom. The van der Waals surface area contributed by atoms with Crippen LogP contribution in [0.15, 0.2) is 0 Å². The van der Waals surface area contributed by atoms with Crippen molar-refractivity contribution in [1.29, 1.82) is 0 Å². The molecule has 27 heavy (non-hydrogen) atoms. The molecule has 6 heteroatoms. The van der Waals surface area contributed by atoms with E-state index in [1.807, 2.05) is 6.92 Å². The van der Waals surface area contributed by atoms with Crippen molar-refractivity contribution in [3.63, 3.8) is 0 Å². The molecule has 0 aromatic rings. The Morgan fingerprint density at radius 3 is 1.96 bits per heavy atom. The van der Waals surface area contributed by atoms with Crippen LogP contribution in [0.4, 0.5) is 0 Å². The van der Waals surface area contributed by atoms with E-state index in [4.69, 9.17) is 9.47 Å². The van der Waals surface area contributed by atoms with Crippen LogP contribution in [-0.2, 0) is 19.1 Å². The Balaban J connectivity index is 1.22. The smallest absolute Gasteiger partial charge is 0.223 e. The molecule has 0 aromatic heterocycles. The SMILES string of the molecule is CC(CNC(=O)C1CC2OC2(C)CC1C)NC(=O)C1CC2OC2(C)CC1C. The molecule has 2 N–H and O–H groups in total. The molecule has 2 heterocycles. The molecule has 4 rings (SSSR count). The van der Waals surface area contributed by atoms with Crippen LogP contribution in [0.25, 0.3) is 0 Å². The van der Waals surface area contributed by atoms with Gasteiger partial charge in [-0.15, -0.1) is 0 Å². The van der Waals surface area contributed by atoms with Crippen molar-refractivity contribution in [2.24, 2.45) is 23.7 Å². The summed E-state index contributed by atoms with van der Waals surface area (Å²) in [6.45, 7) is 11.0. The topological polar surface area (TPSA) is 83.3 Å². The minimum Gasteiger partial charge on any atom is -0.366 e. The first kappa shape index (κ1) is 19.2. The summed E-state index contributed by atoms with van der Waals surface area (Å²) in [5.74, 6) is 0.855. The van der Waals surface area contributed by atoms with Crippen molar-refractivity contribution in [3.8, 4) is 0 Å². The van der Waals surface area contributed by atoms with Crippen LogP contribution in [0.3, 0.4) is 0 Å². The van der Waals surface area contributed by atoms with E-state index in [0.717, 1.165) is 25.7 Å². The third-order valence-corrected chi connectivity index (χ3v) is 7.48. The second-order valence-corrected chi connectivity index (χ2v) is 10.0. The lowest BCUT2D eigenvalue weighted by atomic mass is 9.75. The second kappa shape index (κ2) is 6.45. The lowest BCUT2D eigenvalue weighted by Crippen LogP contribution is -2.48. The fourth-order valence-corrected chi connectivity index (χ4v) is 5.54. The molecule has 0 spiro atoms. The second-order valence-electron chi connectivity index (χ2n) is 10.0. The molecule has 2 aliphatic heterocycles. The van der Waals surface area contributed by atoms with Gasteiger partial charge in [-0.3, -0.25) is 9.59 Å². The summed E-state index contributed by atoms with van der Waals surface area (Å²) in [4.78, 5) is 25.3. The molecule has 2 amide bonds. The van der Waals surface area contributed by atoms with E-state index in [2.05, 4.69) is 38.3 Å². The molecule has 4 aliphatic rings. The Kier molecular flexibility index (Phi) is 4.58. The number of hydrogen-bond donors (Lipinski definition) is 2. The van der Waals surface area contributed by atoms with Crippen molar-refractivity contribution in [2.75, 3.05) is 6.54 Å². The highest BCUT2D eigenvalue weighted by Gasteiger charge is 2.59. The monoisotopic (exact) mass is 378 g/mol. The Bertz CT molecular complexity index is 640. The molecule has 6 nitrogen and oxygen atoms in total. The van der Waals surface area contributed by atoms with Crippen molar-refractivity contribution < 1.29 is 19.1 Å². The van der Waals surface area contributed by atoms with Gasteiger partial charge in [0.05, 0.1) is 23.4 Å².